The van der Waals surface area contributed by atoms with Gasteiger partial charge in [0.1, 0.15) is 22.6 Å². The van der Waals surface area contributed by atoms with E-state index in [1.165, 1.54) is 72.3 Å². The van der Waals surface area contributed by atoms with E-state index in [0.29, 0.717) is 0 Å². The van der Waals surface area contributed by atoms with Crippen molar-refractivity contribution in [3.8, 4) is 78.6 Å². The molecule has 7 aromatic carbocycles. The normalized spacial score (nSPS) is 15.5. The molecule has 1 spiro atoms. The molecule has 3 aliphatic rings. The van der Waals surface area contributed by atoms with Crippen molar-refractivity contribution >= 4 is 11.0 Å². The van der Waals surface area contributed by atoms with E-state index >= 15 is 0 Å². The molecule has 0 saturated carbocycles. The number of para-hydroxylation sites is 2. The number of imidazole rings is 1. The van der Waals surface area contributed by atoms with Crippen LogP contribution in [0.1, 0.15) is 63.8 Å². The summed E-state index contributed by atoms with van der Waals surface area (Å²) in [5, 5.41) is 0. The SMILES string of the molecule is Cc1cc(-n2c3[n+]4c5c(cccc52)-c2cc(C(C)(C)C)cc5c2C4(Oc2ccccc2-3)[n+]2ccc(-c3ccccc3)cc2-5)c(-c2ccc(C(C)(C)C)cc2)cc1-c1ccccc1. The van der Waals surface area contributed by atoms with Crippen LogP contribution in [0, 0.1) is 6.92 Å². The van der Waals surface area contributed by atoms with Crippen LogP contribution in [0.15, 0.2) is 170 Å². The van der Waals surface area contributed by atoms with Crippen LogP contribution in [-0.4, -0.2) is 4.57 Å². The molecule has 2 aromatic heterocycles. The molecule has 0 saturated heterocycles. The minimum atomic E-state index is -1.03. The fourth-order valence-electron chi connectivity index (χ4n) is 10.5. The topological polar surface area (TPSA) is 21.9 Å². The van der Waals surface area contributed by atoms with Crippen molar-refractivity contribution < 1.29 is 13.9 Å². The van der Waals surface area contributed by atoms with Gasteiger partial charge in [0.15, 0.2) is 17.2 Å². The molecular weight excluding hydrogens is 755 g/mol. The maximum Gasteiger partial charge on any atom is 0.499 e. The van der Waals surface area contributed by atoms with E-state index < -0.39 is 5.85 Å². The monoisotopic (exact) mass is 803 g/mol. The van der Waals surface area contributed by atoms with Gasteiger partial charge >= 0.3 is 11.7 Å². The lowest BCUT2D eigenvalue weighted by Gasteiger charge is -2.33. The molecular formula is C58H49N3O+2. The molecule has 0 amide bonds. The third-order valence-electron chi connectivity index (χ3n) is 13.6. The molecule has 0 fully saturated rings. The highest BCUT2D eigenvalue weighted by Gasteiger charge is 2.68. The Morgan fingerprint density at radius 2 is 1.15 bits per heavy atom. The molecule has 0 aliphatic carbocycles. The lowest BCUT2D eigenvalue weighted by atomic mass is 9.80. The number of hydrogen-bond acceptors (Lipinski definition) is 1. The van der Waals surface area contributed by atoms with E-state index in [0.717, 1.165) is 39.6 Å². The molecule has 1 unspecified atom stereocenters. The highest BCUT2D eigenvalue weighted by molar-refractivity contribution is 5.99. The number of benzene rings is 7. The van der Waals surface area contributed by atoms with Crippen molar-refractivity contribution in [2.45, 2.75) is 65.1 Å². The van der Waals surface area contributed by atoms with Gasteiger partial charge in [-0.1, -0.05) is 145 Å². The highest BCUT2D eigenvalue weighted by atomic mass is 16.5. The van der Waals surface area contributed by atoms with Gasteiger partial charge in [0.05, 0.1) is 5.56 Å². The number of nitrogens with zero attached hydrogens (tertiary/aromatic N) is 3. The molecule has 1 atom stereocenters. The zero-order valence-corrected chi connectivity index (χ0v) is 36.4. The summed E-state index contributed by atoms with van der Waals surface area (Å²) in [5.41, 5.74) is 21.4. The van der Waals surface area contributed by atoms with Gasteiger partial charge in [-0.25, -0.2) is 0 Å². The quantitative estimate of drug-likeness (QED) is 0.162. The van der Waals surface area contributed by atoms with E-state index in [2.05, 4.69) is 232 Å². The summed E-state index contributed by atoms with van der Waals surface area (Å²) in [7, 11) is 0. The second-order valence-electron chi connectivity index (χ2n) is 19.5. The third-order valence-corrected chi connectivity index (χ3v) is 13.6. The Balaban J connectivity index is 1.23. The third kappa shape index (κ3) is 5.07. The van der Waals surface area contributed by atoms with Crippen molar-refractivity contribution in [1.29, 1.82) is 0 Å². The van der Waals surface area contributed by atoms with E-state index in [1.54, 1.807) is 0 Å². The maximum absolute atomic E-state index is 7.70. The first-order valence-electron chi connectivity index (χ1n) is 21.9. The van der Waals surface area contributed by atoms with Gasteiger partial charge in [-0.2, -0.15) is 4.57 Å². The Labute approximate surface area is 364 Å². The Kier molecular flexibility index (Phi) is 7.56. The minimum Gasteiger partial charge on any atom is -0.392 e. The van der Waals surface area contributed by atoms with Crippen LogP contribution in [0.2, 0.25) is 0 Å². The van der Waals surface area contributed by atoms with Crippen LogP contribution < -0.4 is 13.9 Å². The Bertz CT molecular complexity index is 3330. The van der Waals surface area contributed by atoms with E-state index in [9.17, 15) is 0 Å². The summed E-state index contributed by atoms with van der Waals surface area (Å²) >= 11 is 0. The number of aryl methyl sites for hydroxylation is 1. The van der Waals surface area contributed by atoms with Crippen LogP contribution in [0.4, 0.5) is 0 Å². The standard InChI is InChI=1S/C58H49N3O/c1-36-31-51(46(35-45(36)38-19-12-9-13-20-38)39-25-27-41(28-26-39)56(2,3)4)60-49-23-16-22-43-47-33-42(57(5,6)7)34-48-50-32-40(37-17-10-8-11-18-37)29-30-59(50)58(53(47)48)61(54(43)49)55(60)44-21-14-15-24-52(44)62-58/h8-35H,1-7H3/q+2. The summed E-state index contributed by atoms with van der Waals surface area (Å²) in [6, 6.07) is 60.7. The van der Waals surface area contributed by atoms with Crippen LogP contribution in [0.25, 0.3) is 83.9 Å². The fourth-order valence-corrected chi connectivity index (χ4v) is 10.5. The number of ether oxygens (including phenoxy) is 1. The largest absolute Gasteiger partial charge is 0.499 e. The lowest BCUT2D eigenvalue weighted by molar-refractivity contribution is -0.997. The molecule has 0 bridgehead atoms. The average Bonchev–Trinajstić information content (AvgIpc) is 3.77. The van der Waals surface area contributed by atoms with Gasteiger partial charge in [0.25, 0.3) is 0 Å². The van der Waals surface area contributed by atoms with Crippen LogP contribution in [0.5, 0.6) is 5.75 Å². The molecule has 3 aliphatic heterocycles. The molecule has 62 heavy (non-hydrogen) atoms. The molecule has 0 radical (unpaired) electrons. The highest BCUT2D eigenvalue weighted by Crippen LogP contribution is 2.54. The molecule has 4 nitrogen and oxygen atoms in total. The summed E-state index contributed by atoms with van der Waals surface area (Å²) in [5.74, 6) is 0.927. The number of rotatable bonds is 4. The van der Waals surface area contributed by atoms with Crippen LogP contribution in [-0.2, 0) is 16.7 Å². The van der Waals surface area contributed by atoms with Crippen molar-refractivity contribution in [3.05, 3.63) is 192 Å². The van der Waals surface area contributed by atoms with Gasteiger partial charge in [0, 0.05) is 28.8 Å². The zero-order chi connectivity index (χ0) is 42.3. The summed E-state index contributed by atoms with van der Waals surface area (Å²) in [6.45, 7) is 16.1. The maximum atomic E-state index is 7.70. The number of fused-ring (bicyclic) bond motifs is 5. The fraction of sp³-hybridized carbons (Fsp3) is 0.172. The van der Waals surface area contributed by atoms with Gasteiger partial charge in [0.2, 0.25) is 5.69 Å². The average molecular weight is 804 g/mol. The molecule has 12 rings (SSSR count). The van der Waals surface area contributed by atoms with Crippen molar-refractivity contribution in [1.82, 2.24) is 4.57 Å². The van der Waals surface area contributed by atoms with Gasteiger partial charge < -0.3 is 4.74 Å². The van der Waals surface area contributed by atoms with Crippen LogP contribution >= 0.6 is 0 Å². The first-order chi connectivity index (χ1) is 29.9. The van der Waals surface area contributed by atoms with Crippen molar-refractivity contribution in [2.75, 3.05) is 0 Å². The Morgan fingerprint density at radius 1 is 0.500 bits per heavy atom. The predicted octanol–water partition coefficient (Wildman–Crippen LogP) is 13.3. The van der Waals surface area contributed by atoms with E-state index in [4.69, 9.17) is 4.74 Å². The minimum absolute atomic E-state index is 0.0394. The zero-order valence-electron chi connectivity index (χ0n) is 36.4. The second kappa shape index (κ2) is 12.7. The molecule has 4 heteroatoms. The molecule has 0 N–H and O–H groups in total. The number of pyridine rings is 1. The lowest BCUT2D eigenvalue weighted by Crippen LogP contribution is -2.78. The van der Waals surface area contributed by atoms with Gasteiger partial charge in [-0.05, 0) is 111 Å². The first kappa shape index (κ1) is 36.8. The van der Waals surface area contributed by atoms with Crippen molar-refractivity contribution in [3.63, 3.8) is 0 Å². The van der Waals surface area contributed by atoms with Gasteiger partial charge in [-0.15, -0.1) is 9.13 Å². The Morgan fingerprint density at radius 3 is 1.87 bits per heavy atom. The number of hydrogen-bond donors (Lipinski definition) is 0. The molecule has 5 heterocycles. The van der Waals surface area contributed by atoms with Gasteiger partial charge in [-0.3, -0.25) is 0 Å². The second-order valence-corrected chi connectivity index (χ2v) is 19.5. The first-order valence-corrected chi connectivity index (χ1v) is 21.9. The summed E-state index contributed by atoms with van der Waals surface area (Å²) in [4.78, 5) is 0. The summed E-state index contributed by atoms with van der Waals surface area (Å²) < 4.78 is 15.2. The summed E-state index contributed by atoms with van der Waals surface area (Å²) in [6.07, 6.45) is 2.26. The van der Waals surface area contributed by atoms with E-state index in [-0.39, 0.29) is 10.8 Å². The molecule has 300 valence electrons. The van der Waals surface area contributed by atoms with Crippen molar-refractivity contribution in [2.24, 2.45) is 0 Å². The van der Waals surface area contributed by atoms with Crippen LogP contribution in [0.3, 0.4) is 0 Å². The van der Waals surface area contributed by atoms with E-state index in [1.807, 2.05) is 0 Å². The predicted molar refractivity (Wildman–Crippen MR) is 252 cm³/mol. The number of aromatic nitrogens is 3. The molecule has 9 aromatic rings. The smallest absolute Gasteiger partial charge is 0.392 e. The Hall–Kier alpha value is -7.04.